The van der Waals surface area contributed by atoms with Crippen molar-refractivity contribution in [3.05, 3.63) is 71.9 Å². The van der Waals surface area contributed by atoms with Gasteiger partial charge >= 0.3 is 0 Å². The highest BCUT2D eigenvalue weighted by atomic mass is 32.2. The van der Waals surface area contributed by atoms with Crippen LogP contribution >= 0.6 is 11.8 Å². The van der Waals surface area contributed by atoms with E-state index < -0.39 is 0 Å². The molecule has 9 heteroatoms. The summed E-state index contributed by atoms with van der Waals surface area (Å²) in [4.78, 5) is 16.6. The van der Waals surface area contributed by atoms with Gasteiger partial charge in [0.25, 0.3) is 5.22 Å². The number of hydrogen-bond acceptors (Lipinski definition) is 7. The van der Waals surface area contributed by atoms with Crippen LogP contribution in [0.2, 0.25) is 0 Å². The maximum atomic E-state index is 12.8. The van der Waals surface area contributed by atoms with Gasteiger partial charge in [-0.05, 0) is 32.0 Å². The monoisotopic (exact) mass is 394 g/mol. The fourth-order valence-corrected chi connectivity index (χ4v) is 3.70. The van der Waals surface area contributed by atoms with Crippen molar-refractivity contribution in [3.63, 3.8) is 0 Å². The molecule has 0 saturated carbocycles. The van der Waals surface area contributed by atoms with E-state index in [0.717, 1.165) is 17.1 Å². The minimum atomic E-state index is 0.0244. The normalized spacial score (nSPS) is 11.1. The highest BCUT2D eigenvalue weighted by Gasteiger charge is 2.18. The van der Waals surface area contributed by atoms with Crippen LogP contribution in [0.3, 0.4) is 0 Å². The van der Waals surface area contributed by atoms with E-state index in [9.17, 15) is 4.79 Å². The fraction of sp³-hybridized carbons (Fsp3) is 0.211. The molecule has 3 aromatic heterocycles. The quantitative estimate of drug-likeness (QED) is 0.351. The largest absolute Gasteiger partial charge is 0.414 e. The van der Waals surface area contributed by atoms with E-state index in [1.165, 1.54) is 18.1 Å². The van der Waals surface area contributed by atoms with Gasteiger partial charge in [0, 0.05) is 22.6 Å². The Morgan fingerprint density at radius 1 is 1.18 bits per heavy atom. The number of hydrogen-bond donors (Lipinski definition) is 0. The number of carbonyl (C=O) groups excluding carboxylic acids is 1. The topological polar surface area (TPSA) is 91.6 Å². The van der Waals surface area contributed by atoms with E-state index in [4.69, 9.17) is 4.42 Å². The van der Waals surface area contributed by atoms with Crippen LogP contribution in [0.5, 0.6) is 0 Å². The molecule has 0 N–H and O–H groups in total. The molecule has 0 aliphatic rings. The van der Waals surface area contributed by atoms with Gasteiger partial charge in [0.15, 0.2) is 5.78 Å². The lowest BCUT2D eigenvalue weighted by Crippen LogP contribution is -2.05. The molecule has 0 fully saturated rings. The van der Waals surface area contributed by atoms with Crippen molar-refractivity contribution in [1.29, 1.82) is 0 Å². The number of aromatic nitrogens is 6. The molecule has 0 radical (unpaired) electrons. The molecule has 0 saturated heterocycles. The zero-order valence-electron chi connectivity index (χ0n) is 15.4. The Kier molecular flexibility index (Phi) is 5.07. The lowest BCUT2D eigenvalue weighted by Gasteiger charge is -2.09. The molecule has 0 unspecified atom stereocenters. The van der Waals surface area contributed by atoms with E-state index in [-0.39, 0.29) is 11.5 Å². The summed E-state index contributed by atoms with van der Waals surface area (Å²) < 4.78 is 9.24. The smallest absolute Gasteiger partial charge is 0.277 e. The number of carbonyl (C=O) groups is 1. The highest BCUT2D eigenvalue weighted by Crippen LogP contribution is 2.24. The van der Waals surface area contributed by atoms with Gasteiger partial charge in [-0.3, -0.25) is 4.79 Å². The SMILES string of the molecule is Cc1cc(C(=O)CSc2nnc(Cn3cncn3)o2)c(C)n1-c1ccccc1. The van der Waals surface area contributed by atoms with Crippen molar-refractivity contribution in [1.82, 2.24) is 29.5 Å². The van der Waals surface area contributed by atoms with Gasteiger partial charge in [0.05, 0.1) is 5.75 Å². The van der Waals surface area contributed by atoms with Gasteiger partial charge in [0.1, 0.15) is 19.2 Å². The lowest BCUT2D eigenvalue weighted by molar-refractivity contribution is 0.102. The number of Topliss-reactive ketones (excluding diaryl/α,β-unsaturated/α-hetero) is 1. The van der Waals surface area contributed by atoms with Crippen LogP contribution in [0.1, 0.15) is 27.6 Å². The van der Waals surface area contributed by atoms with Crippen molar-refractivity contribution in [2.75, 3.05) is 5.75 Å². The summed E-state index contributed by atoms with van der Waals surface area (Å²) in [6.07, 6.45) is 3.01. The molecule has 8 nitrogen and oxygen atoms in total. The number of rotatable bonds is 7. The fourth-order valence-electron chi connectivity index (χ4n) is 3.04. The molecule has 0 bridgehead atoms. The number of thioether (sulfide) groups is 1. The summed E-state index contributed by atoms with van der Waals surface area (Å²) in [5.74, 6) is 0.670. The molecular weight excluding hydrogens is 376 g/mol. The van der Waals surface area contributed by atoms with Crippen molar-refractivity contribution < 1.29 is 9.21 Å². The van der Waals surface area contributed by atoms with Crippen LogP contribution in [0.4, 0.5) is 0 Å². The van der Waals surface area contributed by atoms with Crippen molar-refractivity contribution in [2.24, 2.45) is 0 Å². The average Bonchev–Trinajstić information content (AvgIpc) is 3.43. The second kappa shape index (κ2) is 7.81. The van der Waals surface area contributed by atoms with Crippen molar-refractivity contribution in [3.8, 4) is 5.69 Å². The third kappa shape index (κ3) is 3.74. The number of aryl methyl sites for hydroxylation is 1. The highest BCUT2D eigenvalue weighted by molar-refractivity contribution is 7.99. The molecule has 0 amide bonds. The van der Waals surface area contributed by atoms with Crippen molar-refractivity contribution >= 4 is 17.5 Å². The molecule has 3 heterocycles. The predicted molar refractivity (Wildman–Crippen MR) is 104 cm³/mol. The van der Waals surface area contributed by atoms with Crippen LogP contribution in [-0.4, -0.2) is 41.1 Å². The van der Waals surface area contributed by atoms with Gasteiger partial charge in [-0.15, -0.1) is 10.2 Å². The Labute approximate surface area is 165 Å². The zero-order valence-corrected chi connectivity index (χ0v) is 16.3. The number of benzene rings is 1. The Bertz CT molecular complexity index is 1090. The second-order valence-corrected chi connectivity index (χ2v) is 7.15. The maximum Gasteiger partial charge on any atom is 0.277 e. The first kappa shape index (κ1) is 18.2. The minimum absolute atomic E-state index is 0.0244. The van der Waals surface area contributed by atoms with Crippen molar-refractivity contribution in [2.45, 2.75) is 25.6 Å². The molecule has 28 heavy (non-hydrogen) atoms. The van der Waals surface area contributed by atoms with E-state index >= 15 is 0 Å². The zero-order chi connectivity index (χ0) is 19.5. The first-order valence-electron chi connectivity index (χ1n) is 8.67. The molecular formula is C19H18N6O2S. The molecule has 1 aromatic carbocycles. The molecule has 0 spiro atoms. The molecule has 142 valence electrons. The molecule has 0 atom stereocenters. The van der Waals surface area contributed by atoms with Gasteiger partial charge in [-0.2, -0.15) is 5.10 Å². The number of ketones is 1. The Balaban J connectivity index is 1.44. The van der Waals surface area contributed by atoms with Gasteiger partial charge in [0.2, 0.25) is 5.89 Å². The first-order chi connectivity index (χ1) is 13.6. The third-order valence-corrected chi connectivity index (χ3v) is 5.10. The maximum absolute atomic E-state index is 12.8. The van der Waals surface area contributed by atoms with E-state index in [1.54, 1.807) is 11.0 Å². The van der Waals surface area contributed by atoms with E-state index in [1.807, 2.05) is 50.2 Å². The van der Waals surface area contributed by atoms with E-state index in [2.05, 4.69) is 24.8 Å². The summed E-state index contributed by atoms with van der Waals surface area (Å²) in [5.41, 5.74) is 3.69. The van der Waals surface area contributed by atoms with Crippen LogP contribution in [-0.2, 0) is 6.54 Å². The summed E-state index contributed by atoms with van der Waals surface area (Å²) in [7, 11) is 0. The molecule has 0 aliphatic carbocycles. The van der Waals surface area contributed by atoms with Gasteiger partial charge < -0.3 is 8.98 Å². The van der Waals surface area contributed by atoms with Gasteiger partial charge in [-0.25, -0.2) is 9.67 Å². The molecule has 4 aromatic rings. The standard InChI is InChI=1S/C19H18N6O2S/c1-13-8-16(14(2)25(13)15-6-4-3-5-7-15)17(26)10-28-19-23-22-18(27-19)9-24-12-20-11-21-24/h3-8,11-12H,9-10H2,1-2H3. The molecule has 0 aliphatic heterocycles. The van der Waals surface area contributed by atoms with Crippen LogP contribution in [0.15, 0.2) is 58.7 Å². The molecule has 4 rings (SSSR count). The number of nitrogens with zero attached hydrogens (tertiary/aromatic N) is 6. The van der Waals surface area contributed by atoms with Gasteiger partial charge in [-0.1, -0.05) is 30.0 Å². The summed E-state index contributed by atoms with van der Waals surface area (Å²) in [6.45, 7) is 4.30. The Morgan fingerprint density at radius 2 is 2.00 bits per heavy atom. The predicted octanol–water partition coefficient (Wildman–Crippen LogP) is 3.09. The summed E-state index contributed by atoms with van der Waals surface area (Å²) in [5, 5.41) is 12.3. The second-order valence-electron chi connectivity index (χ2n) is 6.22. The Hall–Kier alpha value is -3.20. The van der Waals surface area contributed by atoms with Crippen LogP contribution in [0.25, 0.3) is 5.69 Å². The average molecular weight is 394 g/mol. The minimum Gasteiger partial charge on any atom is -0.414 e. The summed E-state index contributed by atoms with van der Waals surface area (Å²) >= 11 is 1.23. The lowest BCUT2D eigenvalue weighted by atomic mass is 10.2. The number of para-hydroxylation sites is 1. The first-order valence-corrected chi connectivity index (χ1v) is 9.65. The van der Waals surface area contributed by atoms with E-state index in [0.29, 0.717) is 23.2 Å². The van der Waals surface area contributed by atoms with Crippen LogP contribution in [0, 0.1) is 13.8 Å². The summed E-state index contributed by atoms with van der Waals surface area (Å²) in [6, 6.07) is 11.9. The Morgan fingerprint density at radius 3 is 2.75 bits per heavy atom. The third-order valence-electron chi connectivity index (χ3n) is 4.28. The van der Waals surface area contributed by atoms with Crippen LogP contribution < -0.4 is 0 Å².